The van der Waals surface area contributed by atoms with Gasteiger partial charge in [0.25, 0.3) is 0 Å². The summed E-state index contributed by atoms with van der Waals surface area (Å²) in [6.07, 6.45) is 0. The zero-order chi connectivity index (χ0) is 21.9. The van der Waals surface area contributed by atoms with Gasteiger partial charge in [0.2, 0.25) is 0 Å². The Morgan fingerprint density at radius 2 is 1.11 bits per heavy atom. The molecule has 4 N–H and O–H groups in total. The maximum Gasteiger partial charge on any atom is 0.333 e. The van der Waals surface area contributed by atoms with Gasteiger partial charge in [-0.05, 0) is 6.92 Å². The highest BCUT2D eigenvalue weighted by Crippen LogP contribution is 2.08. The number of hydrogen-bond donors (Lipinski definition) is 4. The SMILES string of the molecule is C=C(C)C(=O)OCC(CN(CC(=O)O)CC(=O)O)CN(CC(=O)O)CC(=O)O. The Labute approximate surface area is 160 Å². The van der Waals surface area contributed by atoms with Crippen molar-refractivity contribution < 1.29 is 49.1 Å². The molecule has 0 aromatic carbocycles. The zero-order valence-electron chi connectivity index (χ0n) is 15.4. The van der Waals surface area contributed by atoms with Gasteiger partial charge in [-0.2, -0.15) is 0 Å². The highest BCUT2D eigenvalue weighted by atomic mass is 16.5. The van der Waals surface area contributed by atoms with E-state index in [0.29, 0.717) is 0 Å². The predicted octanol–water partition coefficient (Wildman–Crippen LogP) is -1.34. The number of ether oxygens (including phenoxy) is 1. The van der Waals surface area contributed by atoms with Crippen molar-refractivity contribution in [3.05, 3.63) is 12.2 Å². The van der Waals surface area contributed by atoms with E-state index in [1.807, 2.05) is 0 Å². The van der Waals surface area contributed by atoms with Crippen LogP contribution in [-0.4, -0.2) is 106 Å². The Bertz CT molecular complexity index is 549. The number of rotatable bonds is 15. The van der Waals surface area contributed by atoms with Gasteiger partial charge >= 0.3 is 29.8 Å². The summed E-state index contributed by atoms with van der Waals surface area (Å²) in [5.74, 6) is -6.63. The number of carbonyl (C=O) groups excluding carboxylic acids is 1. The number of carboxylic acids is 4. The van der Waals surface area contributed by atoms with Crippen molar-refractivity contribution in [3.63, 3.8) is 0 Å². The summed E-state index contributed by atoms with van der Waals surface area (Å²) in [7, 11) is 0. The molecule has 12 heteroatoms. The number of hydrogen-bond acceptors (Lipinski definition) is 8. The molecule has 0 heterocycles. The molecule has 0 aliphatic heterocycles. The second-order valence-electron chi connectivity index (χ2n) is 6.16. The van der Waals surface area contributed by atoms with E-state index in [1.54, 1.807) is 0 Å². The molecule has 0 radical (unpaired) electrons. The molecule has 0 aromatic heterocycles. The van der Waals surface area contributed by atoms with Gasteiger partial charge in [-0.15, -0.1) is 0 Å². The first kappa shape index (κ1) is 25.0. The van der Waals surface area contributed by atoms with Crippen molar-refractivity contribution in [1.82, 2.24) is 9.80 Å². The second kappa shape index (κ2) is 12.4. The molecule has 0 amide bonds. The molecular formula is C16H24N2O10. The fraction of sp³-hybridized carbons (Fsp3) is 0.562. The highest BCUT2D eigenvalue weighted by Gasteiger charge is 2.24. The van der Waals surface area contributed by atoms with Crippen LogP contribution in [0.4, 0.5) is 0 Å². The molecule has 0 fully saturated rings. The van der Waals surface area contributed by atoms with Crippen molar-refractivity contribution in [2.75, 3.05) is 45.9 Å². The molecule has 0 saturated carbocycles. The van der Waals surface area contributed by atoms with E-state index in [9.17, 15) is 24.0 Å². The standard InChI is InChI=1S/C16H24N2O10/c1-10(2)16(27)28-9-11(3-17(5-12(19)20)6-13(21)22)4-18(7-14(23)24)8-15(25)26/h11H,1,3-9H2,2H3,(H,19,20)(H,21,22)(H,23,24)(H,25,26). The topological polar surface area (TPSA) is 182 Å². The third-order valence-corrected chi connectivity index (χ3v) is 3.27. The monoisotopic (exact) mass is 404 g/mol. The van der Waals surface area contributed by atoms with Gasteiger partial charge in [-0.1, -0.05) is 6.58 Å². The summed E-state index contributed by atoms with van der Waals surface area (Å²) < 4.78 is 5.01. The van der Waals surface area contributed by atoms with Crippen LogP contribution < -0.4 is 0 Å². The lowest BCUT2D eigenvalue weighted by molar-refractivity contribution is -0.145. The Morgan fingerprint density at radius 3 is 1.36 bits per heavy atom. The first-order chi connectivity index (χ1) is 12.9. The van der Waals surface area contributed by atoms with E-state index >= 15 is 0 Å². The van der Waals surface area contributed by atoms with Crippen LogP contribution >= 0.6 is 0 Å². The zero-order valence-corrected chi connectivity index (χ0v) is 15.4. The molecule has 0 atom stereocenters. The van der Waals surface area contributed by atoms with Crippen molar-refractivity contribution in [2.45, 2.75) is 6.92 Å². The average molecular weight is 404 g/mol. The van der Waals surface area contributed by atoms with E-state index in [0.717, 1.165) is 9.80 Å². The van der Waals surface area contributed by atoms with Crippen molar-refractivity contribution in [2.24, 2.45) is 5.92 Å². The second-order valence-corrected chi connectivity index (χ2v) is 6.16. The van der Waals surface area contributed by atoms with E-state index < -0.39 is 61.9 Å². The molecule has 12 nitrogen and oxygen atoms in total. The molecule has 0 rings (SSSR count). The molecule has 158 valence electrons. The van der Waals surface area contributed by atoms with E-state index in [4.69, 9.17) is 25.2 Å². The van der Waals surface area contributed by atoms with Crippen LogP contribution in [0.3, 0.4) is 0 Å². The number of esters is 1. The summed E-state index contributed by atoms with van der Waals surface area (Å²) in [4.78, 5) is 57.5. The Kier molecular flexibility index (Phi) is 11.1. The van der Waals surface area contributed by atoms with Gasteiger partial charge in [0, 0.05) is 24.6 Å². The van der Waals surface area contributed by atoms with Gasteiger partial charge in [0.05, 0.1) is 32.8 Å². The number of carbonyl (C=O) groups is 5. The molecule has 0 aliphatic rings. The predicted molar refractivity (Wildman–Crippen MR) is 92.7 cm³/mol. The minimum absolute atomic E-state index is 0.0969. The summed E-state index contributed by atoms with van der Waals surface area (Å²) in [5.41, 5.74) is 0.0969. The Hall–Kier alpha value is -2.99. The fourth-order valence-electron chi connectivity index (χ4n) is 2.35. The molecule has 0 aliphatic carbocycles. The third kappa shape index (κ3) is 12.4. The Morgan fingerprint density at radius 1 is 0.786 bits per heavy atom. The molecule has 0 aromatic rings. The summed E-state index contributed by atoms with van der Waals surface area (Å²) in [6, 6.07) is 0. The van der Waals surface area contributed by atoms with Crippen LogP contribution in [0.1, 0.15) is 6.92 Å². The van der Waals surface area contributed by atoms with Crippen LogP contribution in [0.25, 0.3) is 0 Å². The lowest BCUT2D eigenvalue weighted by Gasteiger charge is -2.28. The van der Waals surface area contributed by atoms with Crippen LogP contribution in [0.5, 0.6) is 0 Å². The molecule has 0 saturated heterocycles. The van der Waals surface area contributed by atoms with Gasteiger partial charge in [0.1, 0.15) is 0 Å². The minimum Gasteiger partial charge on any atom is -0.480 e. The largest absolute Gasteiger partial charge is 0.480 e. The van der Waals surface area contributed by atoms with Gasteiger partial charge in [0.15, 0.2) is 0 Å². The normalized spacial score (nSPS) is 10.9. The summed E-state index contributed by atoms with van der Waals surface area (Å²) in [6.45, 7) is 1.67. The van der Waals surface area contributed by atoms with E-state index in [1.165, 1.54) is 6.92 Å². The lowest BCUT2D eigenvalue weighted by atomic mass is 10.1. The van der Waals surface area contributed by atoms with Crippen LogP contribution in [-0.2, 0) is 28.7 Å². The Balaban J connectivity index is 5.36. The van der Waals surface area contributed by atoms with Crippen LogP contribution in [0.2, 0.25) is 0 Å². The van der Waals surface area contributed by atoms with E-state index in [2.05, 4.69) is 6.58 Å². The quantitative estimate of drug-likeness (QED) is 0.186. The van der Waals surface area contributed by atoms with Crippen LogP contribution in [0.15, 0.2) is 12.2 Å². The van der Waals surface area contributed by atoms with Gasteiger partial charge in [-0.3, -0.25) is 29.0 Å². The van der Waals surface area contributed by atoms with Crippen molar-refractivity contribution in [3.8, 4) is 0 Å². The van der Waals surface area contributed by atoms with Crippen molar-refractivity contribution >= 4 is 29.8 Å². The van der Waals surface area contributed by atoms with Gasteiger partial charge in [-0.25, -0.2) is 4.79 Å². The summed E-state index contributed by atoms with van der Waals surface area (Å²) >= 11 is 0. The summed E-state index contributed by atoms with van der Waals surface area (Å²) in [5, 5.41) is 35.7. The number of nitrogens with zero attached hydrogens (tertiary/aromatic N) is 2. The van der Waals surface area contributed by atoms with Gasteiger partial charge < -0.3 is 25.2 Å². The third-order valence-electron chi connectivity index (χ3n) is 3.27. The van der Waals surface area contributed by atoms with Crippen molar-refractivity contribution in [1.29, 1.82) is 0 Å². The van der Waals surface area contributed by atoms with Crippen LogP contribution in [0, 0.1) is 5.92 Å². The van der Waals surface area contributed by atoms with E-state index in [-0.39, 0.29) is 25.3 Å². The maximum atomic E-state index is 11.6. The maximum absolute atomic E-state index is 11.6. The molecule has 0 bridgehead atoms. The molecule has 0 spiro atoms. The number of carboxylic acid groups (broad SMARTS) is 4. The highest BCUT2D eigenvalue weighted by molar-refractivity contribution is 5.86. The lowest BCUT2D eigenvalue weighted by Crippen LogP contribution is -2.45. The molecule has 28 heavy (non-hydrogen) atoms. The molecular weight excluding hydrogens is 380 g/mol. The minimum atomic E-state index is -1.29. The first-order valence-electron chi connectivity index (χ1n) is 8.05. The fourth-order valence-corrected chi connectivity index (χ4v) is 2.35. The smallest absolute Gasteiger partial charge is 0.333 e. The first-order valence-corrected chi connectivity index (χ1v) is 8.05. The average Bonchev–Trinajstić information content (AvgIpc) is 2.49. The number of aliphatic carboxylic acids is 4. The molecule has 0 unspecified atom stereocenters.